The lowest BCUT2D eigenvalue weighted by Crippen LogP contribution is -2.49. The molecule has 0 aromatic heterocycles. The van der Waals surface area contributed by atoms with Crippen LogP contribution >= 0.6 is 0 Å². The number of nitrogens with one attached hydrogen (secondary N) is 1. The van der Waals surface area contributed by atoms with Gasteiger partial charge < -0.3 is 20.1 Å². The Morgan fingerprint density at radius 1 is 1.42 bits per heavy atom. The fourth-order valence-corrected chi connectivity index (χ4v) is 1.59. The molecule has 0 saturated heterocycles. The number of rotatable bonds is 8. The maximum atomic E-state index is 11.8. The van der Waals surface area contributed by atoms with Gasteiger partial charge in [0, 0.05) is 20.2 Å². The normalized spacial score (nSPS) is 16.2. The van der Waals surface area contributed by atoms with Crippen molar-refractivity contribution in [2.45, 2.75) is 32.7 Å². The summed E-state index contributed by atoms with van der Waals surface area (Å²) in [6.07, 6.45) is 2.48. The molecule has 0 heterocycles. The minimum absolute atomic E-state index is 0.152. The van der Waals surface area contributed by atoms with Crippen molar-refractivity contribution < 1.29 is 19.4 Å². The third-order valence-electron chi connectivity index (χ3n) is 3.18. The average molecular weight is 272 g/mol. The summed E-state index contributed by atoms with van der Waals surface area (Å²) in [6, 6.07) is -1.24. The monoisotopic (exact) mass is 272 g/mol. The number of carboxylic acid groups (broad SMARTS) is 1. The Hall–Kier alpha value is -1.30. The van der Waals surface area contributed by atoms with Crippen molar-refractivity contribution in [3.63, 3.8) is 0 Å². The number of carbonyl (C=O) groups is 2. The number of aliphatic carboxylic acids is 1. The fourth-order valence-electron chi connectivity index (χ4n) is 1.59. The van der Waals surface area contributed by atoms with Crippen molar-refractivity contribution >= 4 is 12.0 Å². The second-order valence-corrected chi connectivity index (χ2v) is 5.45. The lowest BCUT2D eigenvalue weighted by Gasteiger charge is -2.23. The van der Waals surface area contributed by atoms with Crippen LogP contribution < -0.4 is 5.32 Å². The molecule has 1 fully saturated rings. The molecular formula is C13H24N2O4. The predicted molar refractivity (Wildman–Crippen MR) is 71.0 cm³/mol. The molecule has 110 valence electrons. The van der Waals surface area contributed by atoms with Crippen LogP contribution in [0.3, 0.4) is 0 Å². The van der Waals surface area contributed by atoms with Crippen molar-refractivity contribution in [2.24, 2.45) is 11.8 Å². The Morgan fingerprint density at radius 3 is 2.53 bits per heavy atom. The summed E-state index contributed by atoms with van der Waals surface area (Å²) in [5.74, 6) is -0.459. The molecule has 0 unspecified atom stereocenters. The van der Waals surface area contributed by atoms with E-state index in [1.807, 2.05) is 0 Å². The summed E-state index contributed by atoms with van der Waals surface area (Å²) in [5, 5.41) is 11.5. The van der Waals surface area contributed by atoms with Gasteiger partial charge in [0.2, 0.25) is 0 Å². The molecule has 0 bridgehead atoms. The molecule has 1 aliphatic rings. The van der Waals surface area contributed by atoms with Gasteiger partial charge >= 0.3 is 12.0 Å². The molecule has 6 nitrogen and oxygen atoms in total. The number of nitrogens with zero attached hydrogens (tertiary/aromatic N) is 1. The standard InChI is InChI=1S/C13H24N2O4/c1-9(2)11(12(16)17)14-13(18)15(3)6-7-19-8-10-4-5-10/h9-11H,4-8H2,1-3H3,(H,14,18)(H,16,17)/t11-/m0/s1. The van der Waals surface area contributed by atoms with Crippen molar-refractivity contribution in [2.75, 3.05) is 26.8 Å². The van der Waals surface area contributed by atoms with Crippen LogP contribution in [0, 0.1) is 11.8 Å². The van der Waals surface area contributed by atoms with Gasteiger partial charge in [-0.15, -0.1) is 0 Å². The van der Waals surface area contributed by atoms with E-state index < -0.39 is 12.0 Å². The van der Waals surface area contributed by atoms with Gasteiger partial charge in [-0.3, -0.25) is 0 Å². The van der Waals surface area contributed by atoms with Crippen LogP contribution in [0.25, 0.3) is 0 Å². The molecule has 0 aliphatic heterocycles. The van der Waals surface area contributed by atoms with Crippen molar-refractivity contribution in [1.82, 2.24) is 10.2 Å². The van der Waals surface area contributed by atoms with E-state index in [0.717, 1.165) is 6.61 Å². The van der Waals surface area contributed by atoms with E-state index in [0.29, 0.717) is 19.1 Å². The van der Waals surface area contributed by atoms with E-state index in [4.69, 9.17) is 9.84 Å². The van der Waals surface area contributed by atoms with E-state index in [-0.39, 0.29) is 11.9 Å². The van der Waals surface area contributed by atoms with Crippen LogP contribution in [0.15, 0.2) is 0 Å². The van der Waals surface area contributed by atoms with Gasteiger partial charge in [0.15, 0.2) is 0 Å². The number of amides is 2. The average Bonchev–Trinajstić information content (AvgIpc) is 3.14. The molecule has 1 aliphatic carbocycles. The summed E-state index contributed by atoms with van der Waals surface area (Å²) in [6.45, 7) is 5.23. The first kappa shape index (κ1) is 15.8. The first-order chi connectivity index (χ1) is 8.91. The molecule has 2 N–H and O–H groups in total. The quantitative estimate of drug-likeness (QED) is 0.650. The number of carboxylic acids is 1. The molecule has 19 heavy (non-hydrogen) atoms. The minimum atomic E-state index is -1.01. The summed E-state index contributed by atoms with van der Waals surface area (Å²) >= 11 is 0. The van der Waals surface area contributed by atoms with Crippen molar-refractivity contribution in [3.05, 3.63) is 0 Å². The molecule has 0 aromatic rings. The topological polar surface area (TPSA) is 78.9 Å². The lowest BCUT2D eigenvalue weighted by atomic mass is 10.1. The van der Waals surface area contributed by atoms with Gasteiger partial charge in [0.25, 0.3) is 0 Å². The first-order valence-corrected chi connectivity index (χ1v) is 6.74. The van der Waals surface area contributed by atoms with E-state index >= 15 is 0 Å². The molecule has 1 rings (SSSR count). The highest BCUT2D eigenvalue weighted by molar-refractivity contribution is 5.82. The largest absolute Gasteiger partial charge is 0.480 e. The van der Waals surface area contributed by atoms with Crippen LogP contribution in [-0.2, 0) is 9.53 Å². The van der Waals surface area contributed by atoms with Crippen molar-refractivity contribution in [3.8, 4) is 0 Å². The molecular weight excluding hydrogens is 248 g/mol. The third-order valence-corrected chi connectivity index (χ3v) is 3.18. The fraction of sp³-hybridized carbons (Fsp3) is 0.846. The maximum Gasteiger partial charge on any atom is 0.326 e. The molecule has 2 amide bonds. The Balaban J connectivity index is 2.23. The van der Waals surface area contributed by atoms with Gasteiger partial charge in [-0.2, -0.15) is 0 Å². The van der Waals surface area contributed by atoms with E-state index in [2.05, 4.69) is 5.32 Å². The number of likely N-dealkylation sites (N-methyl/N-ethyl adjacent to an activating group) is 1. The minimum Gasteiger partial charge on any atom is -0.480 e. The van der Waals surface area contributed by atoms with Gasteiger partial charge in [0.05, 0.1) is 6.61 Å². The lowest BCUT2D eigenvalue weighted by molar-refractivity contribution is -0.140. The van der Waals surface area contributed by atoms with E-state index in [1.54, 1.807) is 20.9 Å². The first-order valence-electron chi connectivity index (χ1n) is 6.74. The van der Waals surface area contributed by atoms with E-state index in [1.165, 1.54) is 17.7 Å². The Bertz CT molecular complexity index is 316. The zero-order valence-corrected chi connectivity index (χ0v) is 11.9. The number of carbonyl (C=O) groups excluding carboxylic acids is 1. The second-order valence-electron chi connectivity index (χ2n) is 5.45. The maximum absolute atomic E-state index is 11.8. The number of urea groups is 1. The molecule has 6 heteroatoms. The molecule has 0 radical (unpaired) electrons. The van der Waals surface area contributed by atoms with Crippen LogP contribution in [-0.4, -0.2) is 54.9 Å². The number of hydrogen-bond acceptors (Lipinski definition) is 3. The number of ether oxygens (including phenoxy) is 1. The van der Waals surface area contributed by atoms with Crippen molar-refractivity contribution in [1.29, 1.82) is 0 Å². The predicted octanol–water partition coefficient (Wildman–Crippen LogP) is 1.16. The number of hydrogen-bond donors (Lipinski definition) is 2. The highest BCUT2D eigenvalue weighted by Crippen LogP contribution is 2.28. The van der Waals surface area contributed by atoms with E-state index in [9.17, 15) is 9.59 Å². The summed E-state index contributed by atoms with van der Waals surface area (Å²) in [5.41, 5.74) is 0. The van der Waals surface area contributed by atoms with Gasteiger partial charge in [-0.05, 0) is 24.7 Å². The zero-order valence-electron chi connectivity index (χ0n) is 11.9. The summed E-state index contributed by atoms with van der Waals surface area (Å²) < 4.78 is 5.44. The van der Waals surface area contributed by atoms with Crippen LogP contribution in [0.2, 0.25) is 0 Å². The Morgan fingerprint density at radius 2 is 2.05 bits per heavy atom. The highest BCUT2D eigenvalue weighted by atomic mass is 16.5. The van der Waals surface area contributed by atoms with Gasteiger partial charge in [0.1, 0.15) is 6.04 Å². The SMILES string of the molecule is CC(C)[C@H](NC(=O)N(C)CCOCC1CC1)C(=O)O. The highest BCUT2D eigenvalue weighted by Gasteiger charge is 2.25. The smallest absolute Gasteiger partial charge is 0.326 e. The van der Waals surface area contributed by atoms with Crippen LogP contribution in [0.5, 0.6) is 0 Å². The van der Waals surface area contributed by atoms with Gasteiger partial charge in [-0.1, -0.05) is 13.8 Å². The summed E-state index contributed by atoms with van der Waals surface area (Å²) in [4.78, 5) is 24.2. The van der Waals surface area contributed by atoms with Gasteiger partial charge in [-0.25, -0.2) is 9.59 Å². The van der Waals surface area contributed by atoms with Crippen LogP contribution in [0.4, 0.5) is 4.79 Å². The molecule has 1 saturated carbocycles. The Labute approximate surface area is 114 Å². The summed E-state index contributed by atoms with van der Waals surface area (Å²) in [7, 11) is 1.63. The van der Waals surface area contributed by atoms with Crippen LogP contribution in [0.1, 0.15) is 26.7 Å². The second kappa shape index (κ2) is 7.33. The third kappa shape index (κ3) is 5.92. The molecule has 0 spiro atoms. The Kier molecular flexibility index (Phi) is 6.08. The zero-order chi connectivity index (χ0) is 14.4. The molecule has 0 aromatic carbocycles. The molecule has 1 atom stereocenters.